The van der Waals surface area contributed by atoms with Crippen molar-refractivity contribution >= 4 is 38.4 Å². The molecule has 4 rings (SSSR count). The molecule has 1 aromatic carbocycles. The predicted octanol–water partition coefficient (Wildman–Crippen LogP) is 2.31. The normalized spacial score (nSPS) is 27.0. The maximum absolute atomic E-state index is 12.5. The number of benzene rings is 1. The molecule has 27 heavy (non-hydrogen) atoms. The molecule has 8 heteroatoms. The third-order valence-electron chi connectivity index (χ3n) is 5.34. The van der Waals surface area contributed by atoms with E-state index in [0.29, 0.717) is 6.42 Å². The fraction of sp³-hybridized carbons (Fsp3) is 0.579. The Balaban J connectivity index is 1.32. The van der Waals surface area contributed by atoms with Gasteiger partial charge in [-0.15, -0.1) is 0 Å². The summed E-state index contributed by atoms with van der Waals surface area (Å²) >= 11 is 1.51. The number of thioether (sulfide) groups is 1. The number of carbonyl (C=O) groups is 1. The maximum atomic E-state index is 12.5. The Morgan fingerprint density at radius 1 is 1.11 bits per heavy atom. The van der Waals surface area contributed by atoms with E-state index >= 15 is 0 Å². The number of nitrogens with zero attached hydrogens (tertiary/aromatic N) is 2. The van der Waals surface area contributed by atoms with Crippen LogP contribution in [0, 0.1) is 0 Å². The van der Waals surface area contributed by atoms with Crippen LogP contribution in [0.15, 0.2) is 29.3 Å². The van der Waals surface area contributed by atoms with Gasteiger partial charge in [-0.05, 0) is 30.5 Å². The van der Waals surface area contributed by atoms with Crippen molar-refractivity contribution < 1.29 is 13.2 Å². The Bertz CT molecular complexity index is 828. The highest BCUT2D eigenvalue weighted by atomic mass is 32.2. The van der Waals surface area contributed by atoms with Gasteiger partial charge in [0.25, 0.3) is 0 Å². The van der Waals surface area contributed by atoms with Crippen LogP contribution in [0.4, 0.5) is 5.69 Å². The predicted molar refractivity (Wildman–Crippen MR) is 110 cm³/mol. The number of aliphatic imine (C=N–C) groups is 1. The number of hydrogen-bond acceptors (Lipinski definition) is 6. The van der Waals surface area contributed by atoms with Gasteiger partial charge in [0.15, 0.2) is 15.0 Å². The summed E-state index contributed by atoms with van der Waals surface area (Å²) in [6.45, 7) is 1.77. The smallest absolute Gasteiger partial charge is 0.226 e. The average Bonchev–Trinajstić information content (AvgIpc) is 2.97. The van der Waals surface area contributed by atoms with Crippen molar-refractivity contribution in [2.45, 2.75) is 43.4 Å². The second kappa shape index (κ2) is 7.83. The van der Waals surface area contributed by atoms with Crippen molar-refractivity contribution in [3.63, 3.8) is 0 Å². The number of hydrogen-bond donors (Lipinski definition) is 1. The molecule has 2 atom stereocenters. The number of amides is 1. The number of rotatable bonds is 3. The number of anilines is 1. The lowest BCUT2D eigenvalue weighted by Gasteiger charge is -2.20. The molecule has 0 radical (unpaired) electrons. The Labute approximate surface area is 164 Å². The van der Waals surface area contributed by atoms with Gasteiger partial charge in [-0.2, -0.15) is 0 Å². The lowest BCUT2D eigenvalue weighted by atomic mass is 10.1. The molecule has 3 aliphatic heterocycles. The van der Waals surface area contributed by atoms with Crippen molar-refractivity contribution in [1.82, 2.24) is 4.90 Å². The SMILES string of the molecule is O=C(Cc1ccc(NC2=N[C@@H]3CS(=O)(=O)C[C@H]3S2)cc1)N1CCCCCC1. The molecule has 0 bridgehead atoms. The highest BCUT2D eigenvalue weighted by Crippen LogP contribution is 2.34. The molecular weight excluding hydrogens is 382 g/mol. The summed E-state index contributed by atoms with van der Waals surface area (Å²) in [7, 11) is -2.92. The van der Waals surface area contributed by atoms with Crippen LogP contribution >= 0.6 is 11.8 Å². The van der Waals surface area contributed by atoms with Crippen LogP contribution in [0.1, 0.15) is 31.2 Å². The molecule has 3 heterocycles. The van der Waals surface area contributed by atoms with E-state index in [1.807, 2.05) is 29.2 Å². The number of amidine groups is 1. The van der Waals surface area contributed by atoms with E-state index < -0.39 is 9.84 Å². The second-order valence-corrected chi connectivity index (χ2v) is 10.9. The first-order chi connectivity index (χ1) is 13.0. The standard InChI is InChI=1S/C19H25N3O3S2/c23-18(22-9-3-1-2-4-10-22)11-14-5-7-15(8-6-14)20-19-21-16-12-27(24,25)13-17(16)26-19/h5-8,16-17H,1-4,9-13H2,(H,20,21)/t16-,17-/m1/s1. The van der Waals surface area contributed by atoms with Crippen LogP contribution in [-0.2, 0) is 21.1 Å². The second-order valence-electron chi connectivity index (χ2n) is 7.53. The molecule has 0 saturated carbocycles. The largest absolute Gasteiger partial charge is 0.342 e. The van der Waals surface area contributed by atoms with Crippen molar-refractivity contribution in [3.05, 3.63) is 29.8 Å². The zero-order valence-corrected chi connectivity index (χ0v) is 16.9. The summed E-state index contributed by atoms with van der Waals surface area (Å²) in [4.78, 5) is 19.0. The van der Waals surface area contributed by atoms with E-state index in [-0.39, 0.29) is 28.7 Å². The number of carbonyl (C=O) groups excluding carboxylic acids is 1. The summed E-state index contributed by atoms with van der Waals surface area (Å²) in [5.74, 6) is 0.587. The maximum Gasteiger partial charge on any atom is 0.226 e. The zero-order valence-electron chi connectivity index (χ0n) is 15.3. The molecule has 2 saturated heterocycles. The van der Waals surface area contributed by atoms with Gasteiger partial charge in [0.1, 0.15) is 0 Å². The fourth-order valence-corrected chi connectivity index (χ4v) is 7.53. The first kappa shape index (κ1) is 18.8. The quantitative estimate of drug-likeness (QED) is 0.832. The van der Waals surface area contributed by atoms with Gasteiger partial charge in [-0.3, -0.25) is 9.79 Å². The molecule has 0 unspecified atom stereocenters. The third kappa shape index (κ3) is 4.66. The molecule has 0 aromatic heterocycles. The highest BCUT2D eigenvalue weighted by Gasteiger charge is 2.42. The molecule has 1 N–H and O–H groups in total. The molecular formula is C19H25N3O3S2. The Morgan fingerprint density at radius 3 is 2.48 bits per heavy atom. The van der Waals surface area contributed by atoms with Gasteiger partial charge in [0.2, 0.25) is 5.91 Å². The van der Waals surface area contributed by atoms with Crippen molar-refractivity contribution in [3.8, 4) is 0 Å². The van der Waals surface area contributed by atoms with Gasteiger partial charge in [0.05, 0.1) is 24.0 Å². The van der Waals surface area contributed by atoms with E-state index in [4.69, 9.17) is 0 Å². The number of nitrogens with one attached hydrogen (secondary N) is 1. The Kier molecular flexibility index (Phi) is 5.45. The van der Waals surface area contributed by atoms with E-state index in [1.54, 1.807) is 0 Å². The monoisotopic (exact) mass is 407 g/mol. The van der Waals surface area contributed by atoms with Crippen molar-refractivity contribution in [2.75, 3.05) is 29.9 Å². The number of fused-ring (bicyclic) bond motifs is 1. The van der Waals surface area contributed by atoms with Crippen LogP contribution in [0.2, 0.25) is 0 Å². The molecule has 0 spiro atoms. The number of sulfone groups is 1. The molecule has 2 fully saturated rings. The van der Waals surface area contributed by atoms with Gasteiger partial charge >= 0.3 is 0 Å². The van der Waals surface area contributed by atoms with Gasteiger partial charge in [-0.1, -0.05) is 36.7 Å². The zero-order chi connectivity index (χ0) is 18.9. The van der Waals surface area contributed by atoms with Gasteiger partial charge in [-0.25, -0.2) is 8.42 Å². The number of likely N-dealkylation sites (tertiary alicyclic amines) is 1. The van der Waals surface area contributed by atoms with Crippen LogP contribution in [0.5, 0.6) is 0 Å². The molecule has 6 nitrogen and oxygen atoms in total. The molecule has 1 amide bonds. The Morgan fingerprint density at radius 2 is 1.81 bits per heavy atom. The van der Waals surface area contributed by atoms with Crippen molar-refractivity contribution in [1.29, 1.82) is 0 Å². The fourth-order valence-electron chi connectivity index (χ4n) is 3.85. The first-order valence-electron chi connectivity index (χ1n) is 9.57. The summed E-state index contributed by atoms with van der Waals surface area (Å²) in [5.41, 5.74) is 1.92. The lowest BCUT2D eigenvalue weighted by molar-refractivity contribution is -0.130. The Hall–Kier alpha value is -1.54. The molecule has 3 aliphatic rings. The van der Waals surface area contributed by atoms with Crippen LogP contribution in [0.3, 0.4) is 0 Å². The topological polar surface area (TPSA) is 78.8 Å². The van der Waals surface area contributed by atoms with Crippen LogP contribution in [-0.4, -0.2) is 60.3 Å². The summed E-state index contributed by atoms with van der Waals surface area (Å²) in [5, 5.41) is 4.10. The lowest BCUT2D eigenvalue weighted by Crippen LogP contribution is -2.33. The summed E-state index contributed by atoms with van der Waals surface area (Å²) < 4.78 is 23.3. The molecule has 0 aliphatic carbocycles. The van der Waals surface area contributed by atoms with E-state index in [0.717, 1.165) is 42.3 Å². The van der Waals surface area contributed by atoms with Crippen LogP contribution in [0.25, 0.3) is 0 Å². The molecule has 146 valence electrons. The minimum atomic E-state index is -2.92. The van der Waals surface area contributed by atoms with Crippen molar-refractivity contribution in [2.24, 2.45) is 4.99 Å². The van der Waals surface area contributed by atoms with E-state index in [1.165, 1.54) is 24.6 Å². The van der Waals surface area contributed by atoms with Gasteiger partial charge in [0, 0.05) is 24.0 Å². The minimum Gasteiger partial charge on any atom is -0.342 e. The third-order valence-corrected chi connectivity index (χ3v) is 8.48. The average molecular weight is 408 g/mol. The minimum absolute atomic E-state index is 0.0445. The van der Waals surface area contributed by atoms with Crippen LogP contribution < -0.4 is 5.32 Å². The summed E-state index contributed by atoms with van der Waals surface area (Å²) in [6, 6.07) is 7.75. The van der Waals surface area contributed by atoms with Gasteiger partial charge < -0.3 is 10.2 Å². The first-order valence-corrected chi connectivity index (χ1v) is 12.3. The highest BCUT2D eigenvalue weighted by molar-refractivity contribution is 8.15. The summed E-state index contributed by atoms with van der Waals surface area (Å²) in [6.07, 6.45) is 5.10. The van der Waals surface area contributed by atoms with E-state index in [2.05, 4.69) is 10.3 Å². The molecule has 1 aromatic rings. The van der Waals surface area contributed by atoms with E-state index in [9.17, 15) is 13.2 Å².